The molecule has 0 aliphatic carbocycles. The van der Waals surface area contributed by atoms with E-state index in [1.165, 1.54) is 12.1 Å². The number of quaternary nitrogens is 1. The van der Waals surface area contributed by atoms with Crippen LogP contribution in [0.15, 0.2) is 18.2 Å². The van der Waals surface area contributed by atoms with Gasteiger partial charge in [-0.05, 0) is 6.07 Å². The number of carboxylic acid groups (broad SMARTS) is 2. The number of rotatable bonds is 3. The van der Waals surface area contributed by atoms with Crippen molar-refractivity contribution in [1.29, 1.82) is 0 Å². The van der Waals surface area contributed by atoms with Crippen molar-refractivity contribution >= 4 is 17.6 Å². The van der Waals surface area contributed by atoms with Crippen molar-refractivity contribution in [2.45, 2.75) is 0 Å². The molecule has 0 heterocycles. The van der Waals surface area contributed by atoms with Gasteiger partial charge in [0.25, 0.3) is 0 Å². The van der Waals surface area contributed by atoms with E-state index in [9.17, 15) is 9.59 Å². The number of carboxylic acids is 2. The largest absolute Gasteiger partial charge is 0.478 e. The highest BCUT2D eigenvalue weighted by atomic mass is 16.4. The monoisotopic (exact) mass is 196 g/mol. The third kappa shape index (κ3) is 2.08. The van der Waals surface area contributed by atoms with Gasteiger partial charge in [-0.15, -0.1) is 0 Å². The van der Waals surface area contributed by atoms with Crippen molar-refractivity contribution in [2.24, 2.45) is 0 Å². The molecule has 5 nitrogen and oxygen atoms in total. The number of nitrogens with two attached hydrogens (primary N) is 1. The van der Waals surface area contributed by atoms with Gasteiger partial charge in [-0.25, -0.2) is 9.59 Å². The summed E-state index contributed by atoms with van der Waals surface area (Å²) in [5.74, 6) is -2.26. The van der Waals surface area contributed by atoms with Crippen LogP contribution in [0.2, 0.25) is 0 Å². The molecule has 0 amide bonds. The first-order valence-electron chi connectivity index (χ1n) is 3.95. The highest BCUT2D eigenvalue weighted by Crippen LogP contribution is 2.11. The summed E-state index contributed by atoms with van der Waals surface area (Å²) >= 11 is 0. The molecule has 0 aliphatic rings. The number of hydrogen-bond acceptors (Lipinski definition) is 2. The van der Waals surface area contributed by atoms with Crippen LogP contribution in [0.1, 0.15) is 20.7 Å². The van der Waals surface area contributed by atoms with E-state index in [1.54, 1.807) is 12.4 Å². The van der Waals surface area contributed by atoms with Crippen molar-refractivity contribution in [3.8, 4) is 0 Å². The molecule has 1 aromatic carbocycles. The van der Waals surface area contributed by atoms with Crippen LogP contribution in [-0.2, 0) is 0 Å². The van der Waals surface area contributed by atoms with Gasteiger partial charge in [-0.1, -0.05) is 0 Å². The maximum Gasteiger partial charge on any atom is 0.335 e. The Labute approximate surface area is 80.0 Å². The smallest absolute Gasteiger partial charge is 0.335 e. The third-order valence-electron chi connectivity index (χ3n) is 1.78. The highest BCUT2D eigenvalue weighted by molar-refractivity contribution is 5.94. The second-order valence-electron chi connectivity index (χ2n) is 2.74. The van der Waals surface area contributed by atoms with Crippen molar-refractivity contribution in [2.75, 3.05) is 7.05 Å². The molecule has 0 spiro atoms. The van der Waals surface area contributed by atoms with E-state index >= 15 is 0 Å². The average Bonchev–Trinajstić information content (AvgIpc) is 2.16. The minimum Gasteiger partial charge on any atom is -0.478 e. The van der Waals surface area contributed by atoms with Crippen LogP contribution in [0, 0.1) is 0 Å². The van der Waals surface area contributed by atoms with Gasteiger partial charge in [0.15, 0.2) is 0 Å². The molecule has 5 heteroatoms. The van der Waals surface area contributed by atoms with Gasteiger partial charge >= 0.3 is 11.9 Å². The summed E-state index contributed by atoms with van der Waals surface area (Å²) in [4.78, 5) is 21.3. The molecular formula is C9H10NO4+. The first-order valence-corrected chi connectivity index (χ1v) is 3.95. The summed E-state index contributed by atoms with van der Waals surface area (Å²) in [6.07, 6.45) is 0. The van der Waals surface area contributed by atoms with Crippen LogP contribution >= 0.6 is 0 Å². The van der Waals surface area contributed by atoms with E-state index in [0.29, 0.717) is 5.69 Å². The second kappa shape index (κ2) is 3.89. The fourth-order valence-corrected chi connectivity index (χ4v) is 1.07. The molecule has 0 fully saturated rings. The minimum absolute atomic E-state index is 0.0157. The lowest BCUT2D eigenvalue weighted by atomic mass is 10.1. The normalized spacial score (nSPS) is 9.79. The summed E-state index contributed by atoms with van der Waals surface area (Å²) in [6.45, 7) is 0. The summed E-state index contributed by atoms with van der Waals surface area (Å²) in [5, 5.41) is 19.1. The van der Waals surface area contributed by atoms with Gasteiger partial charge < -0.3 is 15.5 Å². The van der Waals surface area contributed by atoms with E-state index in [0.717, 1.165) is 6.07 Å². The first kappa shape index (κ1) is 10.2. The molecule has 0 bridgehead atoms. The lowest BCUT2D eigenvalue weighted by molar-refractivity contribution is -0.539. The molecule has 0 saturated heterocycles. The molecule has 0 saturated carbocycles. The zero-order valence-electron chi connectivity index (χ0n) is 7.52. The summed E-state index contributed by atoms with van der Waals surface area (Å²) in [7, 11) is 1.71. The van der Waals surface area contributed by atoms with Crippen molar-refractivity contribution in [1.82, 2.24) is 0 Å². The Bertz CT molecular complexity index is 354. The Morgan fingerprint density at radius 3 is 1.79 bits per heavy atom. The van der Waals surface area contributed by atoms with Gasteiger partial charge in [-0.2, -0.15) is 0 Å². The van der Waals surface area contributed by atoms with E-state index in [-0.39, 0.29) is 11.1 Å². The van der Waals surface area contributed by atoms with Crippen LogP contribution < -0.4 is 5.32 Å². The number of hydrogen-bond donors (Lipinski definition) is 3. The zero-order valence-corrected chi connectivity index (χ0v) is 7.52. The molecule has 0 atom stereocenters. The zero-order chi connectivity index (χ0) is 10.7. The Balaban J connectivity index is 3.27. The minimum atomic E-state index is -1.13. The van der Waals surface area contributed by atoms with Gasteiger partial charge in [0.1, 0.15) is 5.69 Å². The Hall–Kier alpha value is -1.88. The lowest BCUT2D eigenvalue weighted by Crippen LogP contribution is -2.72. The topological polar surface area (TPSA) is 91.2 Å². The van der Waals surface area contributed by atoms with Crippen molar-refractivity contribution in [3.05, 3.63) is 29.3 Å². The third-order valence-corrected chi connectivity index (χ3v) is 1.78. The summed E-state index contributed by atoms with van der Waals surface area (Å²) < 4.78 is 0. The molecule has 0 unspecified atom stereocenters. The van der Waals surface area contributed by atoms with Crippen LogP contribution in [0.3, 0.4) is 0 Å². The van der Waals surface area contributed by atoms with Crippen molar-refractivity contribution < 1.29 is 25.1 Å². The van der Waals surface area contributed by atoms with Crippen LogP contribution in [0.4, 0.5) is 5.69 Å². The van der Waals surface area contributed by atoms with Gasteiger partial charge in [0, 0.05) is 12.1 Å². The maximum atomic E-state index is 10.6. The maximum absolute atomic E-state index is 10.6. The van der Waals surface area contributed by atoms with Crippen LogP contribution in [0.5, 0.6) is 0 Å². The molecule has 14 heavy (non-hydrogen) atoms. The Morgan fingerprint density at radius 1 is 1.07 bits per heavy atom. The quantitative estimate of drug-likeness (QED) is 0.589. The second-order valence-corrected chi connectivity index (χ2v) is 2.74. The summed E-state index contributed by atoms with van der Waals surface area (Å²) in [6, 6.07) is 3.99. The van der Waals surface area contributed by atoms with Gasteiger partial charge in [0.05, 0.1) is 18.2 Å². The van der Waals surface area contributed by atoms with Gasteiger partial charge in [0.2, 0.25) is 0 Å². The predicted octanol–water partition coefficient (Wildman–Crippen LogP) is -0.0923. The molecule has 0 radical (unpaired) electrons. The molecule has 1 aromatic rings. The van der Waals surface area contributed by atoms with E-state index in [2.05, 4.69) is 0 Å². The SMILES string of the molecule is C[NH2+]c1cc(C(=O)O)cc(C(=O)O)c1. The standard InChI is InChI=1S/C9H9NO4/c1-10-7-3-5(8(11)12)2-6(4-7)9(13)14/h2-4,10H,1H3,(H,11,12)(H,13,14)/p+1. The molecule has 4 N–H and O–H groups in total. The summed E-state index contributed by atoms with van der Waals surface area (Å²) in [5.41, 5.74) is 0.554. The number of carbonyl (C=O) groups is 2. The lowest BCUT2D eigenvalue weighted by Gasteiger charge is -2.00. The first-order chi connectivity index (χ1) is 6.54. The Morgan fingerprint density at radius 2 is 1.50 bits per heavy atom. The van der Waals surface area contributed by atoms with Gasteiger partial charge in [-0.3, -0.25) is 0 Å². The molecule has 1 rings (SSSR count). The Kier molecular flexibility index (Phi) is 2.83. The van der Waals surface area contributed by atoms with E-state index < -0.39 is 11.9 Å². The molecule has 0 aromatic heterocycles. The molecule has 74 valence electrons. The number of aromatic carboxylic acids is 2. The van der Waals surface area contributed by atoms with Crippen molar-refractivity contribution in [3.63, 3.8) is 0 Å². The van der Waals surface area contributed by atoms with Crippen LogP contribution in [-0.4, -0.2) is 29.2 Å². The molecular weight excluding hydrogens is 186 g/mol. The number of benzene rings is 1. The fraction of sp³-hybridized carbons (Fsp3) is 0.111. The van der Waals surface area contributed by atoms with E-state index in [1.807, 2.05) is 0 Å². The molecule has 0 aliphatic heterocycles. The average molecular weight is 196 g/mol. The van der Waals surface area contributed by atoms with Crippen LogP contribution in [0.25, 0.3) is 0 Å². The van der Waals surface area contributed by atoms with E-state index in [4.69, 9.17) is 10.2 Å². The highest BCUT2D eigenvalue weighted by Gasteiger charge is 2.12. The predicted molar refractivity (Wildman–Crippen MR) is 47.9 cm³/mol. The fourth-order valence-electron chi connectivity index (χ4n) is 1.07.